The highest BCUT2D eigenvalue weighted by molar-refractivity contribution is 5.93. The van der Waals surface area contributed by atoms with Crippen molar-refractivity contribution in [3.8, 4) is 0 Å². The van der Waals surface area contributed by atoms with Gasteiger partial charge < -0.3 is 0 Å². The summed E-state index contributed by atoms with van der Waals surface area (Å²) in [5, 5.41) is 1.46. The number of benzene rings is 2. The first-order valence-electron chi connectivity index (χ1n) is 7.51. The van der Waals surface area contributed by atoms with Gasteiger partial charge in [-0.25, -0.2) is 9.40 Å². The number of pyridine rings is 1. The zero-order chi connectivity index (χ0) is 16.8. The van der Waals surface area contributed by atoms with E-state index in [0.29, 0.717) is 5.69 Å². The zero-order valence-electron chi connectivity index (χ0n) is 12.9. The molecule has 0 atom stereocenters. The Morgan fingerprint density at radius 1 is 0.958 bits per heavy atom. The highest BCUT2D eigenvalue weighted by Gasteiger charge is 2.17. The van der Waals surface area contributed by atoms with Crippen LogP contribution in [0.25, 0.3) is 0 Å². The molecule has 1 aromatic heterocycles. The zero-order valence-corrected chi connectivity index (χ0v) is 12.9. The molecule has 1 amide bonds. The van der Waals surface area contributed by atoms with Gasteiger partial charge >= 0.3 is 0 Å². The van der Waals surface area contributed by atoms with E-state index in [1.165, 1.54) is 17.1 Å². The largest absolute Gasteiger partial charge is 0.295 e. The summed E-state index contributed by atoms with van der Waals surface area (Å²) in [6, 6.07) is 20.6. The molecule has 3 aromatic rings. The quantitative estimate of drug-likeness (QED) is 0.725. The first-order valence-corrected chi connectivity index (χ1v) is 7.51. The van der Waals surface area contributed by atoms with Crippen molar-refractivity contribution < 1.29 is 9.18 Å². The third-order valence-corrected chi connectivity index (χ3v) is 3.42. The standard InChI is InChI=1S/C19H16FN3O/c20-16-11-9-15(10-12-16)14-23(22-17-6-2-1-3-7-17)19(24)18-8-4-5-13-21-18/h1-13,22H,14H2. The molecule has 3 rings (SSSR count). The minimum atomic E-state index is -0.308. The van der Waals surface area contributed by atoms with E-state index in [9.17, 15) is 9.18 Å². The number of halogens is 1. The number of carbonyl (C=O) groups is 1. The van der Waals surface area contributed by atoms with Crippen LogP contribution in [0.5, 0.6) is 0 Å². The van der Waals surface area contributed by atoms with E-state index in [1.807, 2.05) is 30.3 Å². The van der Waals surface area contributed by atoms with Crippen molar-refractivity contribution >= 4 is 11.6 Å². The molecular weight excluding hydrogens is 305 g/mol. The number of aromatic nitrogens is 1. The number of carbonyl (C=O) groups excluding carboxylic acids is 1. The number of nitrogens with zero attached hydrogens (tertiary/aromatic N) is 2. The Kier molecular flexibility index (Phi) is 4.81. The molecule has 0 saturated heterocycles. The van der Waals surface area contributed by atoms with Crippen molar-refractivity contribution in [3.05, 3.63) is 96.1 Å². The second-order valence-electron chi connectivity index (χ2n) is 5.21. The number of hydrazine groups is 1. The van der Waals surface area contributed by atoms with Crippen molar-refractivity contribution in [2.75, 3.05) is 5.43 Å². The van der Waals surface area contributed by atoms with Crippen LogP contribution >= 0.6 is 0 Å². The van der Waals surface area contributed by atoms with Gasteiger partial charge in [0.05, 0.1) is 12.2 Å². The van der Waals surface area contributed by atoms with Gasteiger partial charge in [-0.1, -0.05) is 36.4 Å². The minimum absolute atomic E-state index is 0.260. The van der Waals surface area contributed by atoms with Crippen molar-refractivity contribution in [2.24, 2.45) is 0 Å². The summed E-state index contributed by atoms with van der Waals surface area (Å²) >= 11 is 0. The molecule has 0 aliphatic carbocycles. The summed E-state index contributed by atoms with van der Waals surface area (Å²) in [5.41, 5.74) is 5.02. The second kappa shape index (κ2) is 7.37. The minimum Gasteiger partial charge on any atom is -0.295 e. The van der Waals surface area contributed by atoms with Crippen LogP contribution in [0.3, 0.4) is 0 Å². The smallest absolute Gasteiger partial charge is 0.291 e. The predicted octanol–water partition coefficient (Wildman–Crippen LogP) is 3.89. The third-order valence-electron chi connectivity index (χ3n) is 3.42. The van der Waals surface area contributed by atoms with Crippen molar-refractivity contribution in [1.82, 2.24) is 9.99 Å². The highest BCUT2D eigenvalue weighted by atomic mass is 19.1. The number of hydrogen-bond acceptors (Lipinski definition) is 3. The molecular formula is C19H16FN3O. The van der Waals surface area contributed by atoms with Crippen LogP contribution in [0.1, 0.15) is 16.1 Å². The topological polar surface area (TPSA) is 45.2 Å². The monoisotopic (exact) mass is 321 g/mol. The van der Waals surface area contributed by atoms with Gasteiger partial charge in [-0.3, -0.25) is 15.2 Å². The van der Waals surface area contributed by atoms with E-state index in [0.717, 1.165) is 11.3 Å². The normalized spacial score (nSPS) is 10.2. The Hall–Kier alpha value is -3.21. The number of rotatable bonds is 5. The maximum Gasteiger partial charge on any atom is 0.291 e. The summed E-state index contributed by atoms with van der Waals surface area (Å²) in [7, 11) is 0. The molecule has 0 spiro atoms. The van der Waals surface area contributed by atoms with Crippen LogP contribution in [0.2, 0.25) is 0 Å². The Morgan fingerprint density at radius 2 is 1.67 bits per heavy atom. The van der Waals surface area contributed by atoms with Gasteiger partial charge in [0, 0.05) is 6.20 Å². The average Bonchev–Trinajstić information content (AvgIpc) is 2.64. The Morgan fingerprint density at radius 3 is 2.33 bits per heavy atom. The van der Waals surface area contributed by atoms with Gasteiger partial charge in [0.2, 0.25) is 0 Å². The lowest BCUT2D eigenvalue weighted by atomic mass is 10.2. The molecule has 1 heterocycles. The summed E-state index contributed by atoms with van der Waals surface area (Å²) in [5.74, 6) is -0.568. The number of para-hydroxylation sites is 1. The lowest BCUT2D eigenvalue weighted by Crippen LogP contribution is -2.36. The fourth-order valence-corrected chi connectivity index (χ4v) is 2.23. The van der Waals surface area contributed by atoms with Crippen LogP contribution in [0, 0.1) is 5.82 Å². The molecule has 24 heavy (non-hydrogen) atoms. The average molecular weight is 321 g/mol. The SMILES string of the molecule is O=C(c1ccccn1)N(Cc1ccc(F)cc1)Nc1ccccc1. The molecule has 0 aliphatic heterocycles. The van der Waals surface area contributed by atoms with E-state index < -0.39 is 0 Å². The van der Waals surface area contributed by atoms with Crippen LogP contribution in [-0.4, -0.2) is 15.9 Å². The third kappa shape index (κ3) is 3.95. The first-order chi connectivity index (χ1) is 11.7. The van der Waals surface area contributed by atoms with Crippen molar-refractivity contribution in [2.45, 2.75) is 6.54 Å². The first kappa shape index (κ1) is 15.7. The fraction of sp³-hybridized carbons (Fsp3) is 0.0526. The van der Waals surface area contributed by atoms with Crippen LogP contribution in [0.4, 0.5) is 10.1 Å². The van der Waals surface area contributed by atoms with Gasteiger partial charge in [-0.15, -0.1) is 0 Å². The molecule has 0 radical (unpaired) electrons. The summed E-state index contributed by atoms with van der Waals surface area (Å²) in [4.78, 5) is 16.9. The van der Waals surface area contributed by atoms with Crippen LogP contribution in [0.15, 0.2) is 79.0 Å². The fourth-order valence-electron chi connectivity index (χ4n) is 2.23. The molecule has 0 saturated carbocycles. The molecule has 120 valence electrons. The molecule has 0 unspecified atom stereocenters. The molecule has 0 bridgehead atoms. The van der Waals surface area contributed by atoms with E-state index in [1.54, 1.807) is 36.5 Å². The Bertz CT molecular complexity index is 792. The van der Waals surface area contributed by atoms with Crippen molar-refractivity contribution in [1.29, 1.82) is 0 Å². The molecule has 5 heteroatoms. The predicted molar refractivity (Wildman–Crippen MR) is 90.6 cm³/mol. The lowest BCUT2D eigenvalue weighted by molar-refractivity contribution is 0.0777. The van der Waals surface area contributed by atoms with Crippen LogP contribution < -0.4 is 5.43 Å². The number of hydrogen-bond donors (Lipinski definition) is 1. The van der Waals surface area contributed by atoms with E-state index in [-0.39, 0.29) is 18.3 Å². The van der Waals surface area contributed by atoms with E-state index in [2.05, 4.69) is 10.4 Å². The molecule has 4 nitrogen and oxygen atoms in total. The van der Waals surface area contributed by atoms with Gasteiger partial charge in [0.1, 0.15) is 11.5 Å². The maximum absolute atomic E-state index is 13.1. The molecule has 2 aromatic carbocycles. The van der Waals surface area contributed by atoms with Gasteiger partial charge in [0.25, 0.3) is 5.91 Å². The maximum atomic E-state index is 13.1. The van der Waals surface area contributed by atoms with Gasteiger partial charge in [0.15, 0.2) is 0 Å². The highest BCUT2D eigenvalue weighted by Crippen LogP contribution is 2.13. The van der Waals surface area contributed by atoms with Crippen molar-refractivity contribution in [3.63, 3.8) is 0 Å². The van der Waals surface area contributed by atoms with E-state index >= 15 is 0 Å². The van der Waals surface area contributed by atoms with Gasteiger partial charge in [-0.05, 0) is 42.0 Å². The van der Waals surface area contributed by atoms with Crippen LogP contribution in [-0.2, 0) is 6.54 Å². The van der Waals surface area contributed by atoms with Gasteiger partial charge in [-0.2, -0.15) is 0 Å². The Balaban J connectivity index is 1.85. The Labute approximate surface area is 139 Å². The molecule has 0 aliphatic rings. The summed E-state index contributed by atoms with van der Waals surface area (Å²) in [6.07, 6.45) is 1.58. The molecule has 0 fully saturated rings. The summed E-state index contributed by atoms with van der Waals surface area (Å²) < 4.78 is 13.1. The number of nitrogens with one attached hydrogen (secondary N) is 1. The lowest BCUT2D eigenvalue weighted by Gasteiger charge is -2.24. The summed E-state index contributed by atoms with van der Waals surface area (Å²) in [6.45, 7) is 0.282. The second-order valence-corrected chi connectivity index (χ2v) is 5.21. The van der Waals surface area contributed by atoms with E-state index in [4.69, 9.17) is 0 Å². The molecule has 1 N–H and O–H groups in total. The number of anilines is 1. The number of amides is 1.